The van der Waals surface area contributed by atoms with E-state index in [4.69, 9.17) is 5.11 Å². The molecule has 0 atom stereocenters. The molecule has 5 heteroatoms. The van der Waals surface area contributed by atoms with Crippen molar-refractivity contribution in [3.05, 3.63) is 39.5 Å². The van der Waals surface area contributed by atoms with Gasteiger partial charge in [-0.2, -0.15) is 0 Å². The number of H-pyrrole nitrogens is 1. The Bertz CT molecular complexity index is 657. The maximum atomic E-state index is 11.8. The SMILES string of the molecule is Cc1cc(C)c2c(=O)cc(OC(=O)O)[nH]c2c1. The van der Waals surface area contributed by atoms with Gasteiger partial charge in [-0.1, -0.05) is 6.07 Å². The molecule has 0 fully saturated rings. The summed E-state index contributed by atoms with van der Waals surface area (Å²) in [5.74, 6) is -0.0694. The predicted octanol–water partition coefficient (Wildman–Crippen LogP) is 2.20. The molecule has 2 N–H and O–H groups in total. The van der Waals surface area contributed by atoms with Crippen LogP contribution >= 0.6 is 0 Å². The van der Waals surface area contributed by atoms with Crippen molar-refractivity contribution in [3.8, 4) is 5.88 Å². The van der Waals surface area contributed by atoms with Gasteiger partial charge in [0, 0.05) is 11.5 Å². The lowest BCUT2D eigenvalue weighted by atomic mass is 10.1. The minimum Gasteiger partial charge on any atom is -0.449 e. The van der Waals surface area contributed by atoms with Crippen molar-refractivity contribution in [2.24, 2.45) is 0 Å². The number of benzene rings is 1. The maximum Gasteiger partial charge on any atom is 0.512 e. The first-order valence-electron chi connectivity index (χ1n) is 5.02. The molecular weight excluding hydrogens is 222 g/mol. The summed E-state index contributed by atoms with van der Waals surface area (Å²) >= 11 is 0. The lowest BCUT2D eigenvalue weighted by Crippen LogP contribution is -2.10. The van der Waals surface area contributed by atoms with Crippen LogP contribution in [0.4, 0.5) is 4.79 Å². The van der Waals surface area contributed by atoms with E-state index in [9.17, 15) is 9.59 Å². The van der Waals surface area contributed by atoms with E-state index >= 15 is 0 Å². The topological polar surface area (TPSA) is 79.4 Å². The lowest BCUT2D eigenvalue weighted by molar-refractivity contribution is 0.142. The number of ether oxygens (including phenoxy) is 1. The number of aromatic amines is 1. The molecule has 0 aliphatic heterocycles. The van der Waals surface area contributed by atoms with Crippen LogP contribution in [0.1, 0.15) is 11.1 Å². The van der Waals surface area contributed by atoms with Crippen LogP contribution in [0, 0.1) is 13.8 Å². The third-order valence-electron chi connectivity index (χ3n) is 2.44. The average molecular weight is 233 g/mol. The van der Waals surface area contributed by atoms with Crippen LogP contribution in [0.3, 0.4) is 0 Å². The number of carboxylic acid groups (broad SMARTS) is 1. The Hall–Kier alpha value is -2.30. The second-order valence-electron chi connectivity index (χ2n) is 3.87. The van der Waals surface area contributed by atoms with E-state index in [1.54, 1.807) is 6.07 Å². The van der Waals surface area contributed by atoms with Crippen LogP contribution < -0.4 is 10.2 Å². The Kier molecular flexibility index (Phi) is 2.59. The first-order valence-corrected chi connectivity index (χ1v) is 5.02. The predicted molar refractivity (Wildman–Crippen MR) is 62.7 cm³/mol. The largest absolute Gasteiger partial charge is 0.512 e. The minimum atomic E-state index is -1.45. The van der Waals surface area contributed by atoms with Crippen molar-refractivity contribution in [2.45, 2.75) is 13.8 Å². The molecule has 0 unspecified atom stereocenters. The van der Waals surface area contributed by atoms with Gasteiger partial charge in [0.1, 0.15) is 0 Å². The molecular formula is C12H11NO4. The fourth-order valence-electron chi connectivity index (χ4n) is 1.90. The van der Waals surface area contributed by atoms with Gasteiger partial charge in [0.05, 0.1) is 5.52 Å². The highest BCUT2D eigenvalue weighted by Gasteiger charge is 2.08. The Labute approximate surface area is 96.7 Å². The molecule has 5 nitrogen and oxygen atoms in total. The Morgan fingerprint density at radius 2 is 2.00 bits per heavy atom. The summed E-state index contributed by atoms with van der Waals surface area (Å²) in [7, 11) is 0. The summed E-state index contributed by atoms with van der Waals surface area (Å²) < 4.78 is 4.44. The zero-order valence-electron chi connectivity index (χ0n) is 9.40. The van der Waals surface area contributed by atoms with E-state index in [-0.39, 0.29) is 11.3 Å². The number of carbonyl (C=O) groups is 1. The molecule has 0 aliphatic rings. The molecule has 0 amide bonds. The van der Waals surface area contributed by atoms with Gasteiger partial charge in [0.25, 0.3) is 0 Å². The van der Waals surface area contributed by atoms with Gasteiger partial charge in [-0.05, 0) is 31.0 Å². The maximum absolute atomic E-state index is 11.8. The minimum absolute atomic E-state index is 0.0694. The molecule has 1 aromatic heterocycles. The molecule has 88 valence electrons. The number of aromatic nitrogens is 1. The Balaban J connectivity index is 2.73. The fraction of sp³-hybridized carbons (Fsp3) is 0.167. The van der Waals surface area contributed by atoms with E-state index in [1.807, 2.05) is 19.9 Å². The molecule has 1 heterocycles. The molecule has 0 aliphatic carbocycles. The third kappa shape index (κ3) is 2.13. The van der Waals surface area contributed by atoms with Crippen LogP contribution in [-0.2, 0) is 0 Å². The van der Waals surface area contributed by atoms with Gasteiger partial charge in [-0.25, -0.2) is 4.79 Å². The highest BCUT2D eigenvalue weighted by molar-refractivity contribution is 5.83. The number of rotatable bonds is 1. The summed E-state index contributed by atoms with van der Waals surface area (Å²) in [6, 6.07) is 4.81. The molecule has 0 spiro atoms. The van der Waals surface area contributed by atoms with Gasteiger partial charge in [0.15, 0.2) is 5.43 Å². The highest BCUT2D eigenvalue weighted by Crippen LogP contribution is 2.18. The number of hydrogen-bond acceptors (Lipinski definition) is 3. The van der Waals surface area contributed by atoms with E-state index in [2.05, 4.69) is 9.72 Å². The first kappa shape index (κ1) is 11.2. The Morgan fingerprint density at radius 3 is 2.65 bits per heavy atom. The first-order chi connectivity index (χ1) is 7.97. The standard InChI is InChI=1S/C12H11NO4/c1-6-3-7(2)11-8(4-6)13-10(5-9(11)14)17-12(15)16/h3-5H,1-2H3,(H,13,14)(H,15,16). The van der Waals surface area contributed by atoms with Crippen molar-refractivity contribution in [2.75, 3.05) is 0 Å². The summed E-state index contributed by atoms with van der Waals surface area (Å²) in [6.45, 7) is 3.73. The molecule has 17 heavy (non-hydrogen) atoms. The van der Waals surface area contributed by atoms with Crippen molar-refractivity contribution in [3.63, 3.8) is 0 Å². The fourth-order valence-corrected chi connectivity index (χ4v) is 1.90. The number of fused-ring (bicyclic) bond motifs is 1. The number of hydrogen-bond donors (Lipinski definition) is 2. The average Bonchev–Trinajstić information content (AvgIpc) is 2.13. The normalized spacial score (nSPS) is 10.5. The van der Waals surface area contributed by atoms with Gasteiger partial charge in [-0.15, -0.1) is 0 Å². The van der Waals surface area contributed by atoms with Crippen LogP contribution in [0.25, 0.3) is 10.9 Å². The van der Waals surface area contributed by atoms with Crippen LogP contribution in [0.5, 0.6) is 5.88 Å². The second-order valence-corrected chi connectivity index (χ2v) is 3.87. The lowest BCUT2D eigenvalue weighted by Gasteiger charge is -2.06. The summed E-state index contributed by atoms with van der Waals surface area (Å²) in [6.07, 6.45) is -1.45. The summed E-state index contributed by atoms with van der Waals surface area (Å²) in [4.78, 5) is 25.0. The van der Waals surface area contributed by atoms with Gasteiger partial charge >= 0.3 is 6.16 Å². The number of pyridine rings is 1. The zero-order chi connectivity index (χ0) is 12.6. The molecule has 0 radical (unpaired) electrons. The zero-order valence-corrected chi connectivity index (χ0v) is 9.40. The van der Waals surface area contributed by atoms with Crippen molar-refractivity contribution >= 4 is 17.1 Å². The van der Waals surface area contributed by atoms with Crippen LogP contribution in [0.15, 0.2) is 23.0 Å². The van der Waals surface area contributed by atoms with Crippen molar-refractivity contribution in [1.82, 2.24) is 4.98 Å². The van der Waals surface area contributed by atoms with Crippen LogP contribution in [-0.4, -0.2) is 16.2 Å². The van der Waals surface area contributed by atoms with E-state index in [1.165, 1.54) is 0 Å². The van der Waals surface area contributed by atoms with E-state index in [0.29, 0.717) is 10.9 Å². The van der Waals surface area contributed by atoms with Gasteiger partial charge in [0.2, 0.25) is 5.88 Å². The van der Waals surface area contributed by atoms with Crippen molar-refractivity contribution in [1.29, 1.82) is 0 Å². The van der Waals surface area contributed by atoms with Gasteiger partial charge in [-0.3, -0.25) is 4.79 Å². The Morgan fingerprint density at radius 1 is 1.29 bits per heavy atom. The monoisotopic (exact) mass is 233 g/mol. The molecule has 2 aromatic rings. The smallest absolute Gasteiger partial charge is 0.449 e. The molecule has 1 aromatic carbocycles. The summed E-state index contributed by atoms with van der Waals surface area (Å²) in [5, 5.41) is 9.04. The molecule has 0 saturated carbocycles. The number of aryl methyl sites for hydroxylation is 2. The van der Waals surface area contributed by atoms with E-state index < -0.39 is 6.16 Å². The third-order valence-corrected chi connectivity index (χ3v) is 2.44. The highest BCUT2D eigenvalue weighted by atomic mass is 16.7. The van der Waals surface area contributed by atoms with Gasteiger partial charge < -0.3 is 14.8 Å². The molecule has 0 saturated heterocycles. The van der Waals surface area contributed by atoms with E-state index in [0.717, 1.165) is 17.2 Å². The summed E-state index contributed by atoms with van der Waals surface area (Å²) in [5.41, 5.74) is 2.15. The quantitative estimate of drug-likeness (QED) is 0.740. The molecule has 2 rings (SSSR count). The second kappa shape index (κ2) is 3.93. The number of nitrogens with one attached hydrogen (secondary N) is 1. The molecule has 0 bridgehead atoms. The van der Waals surface area contributed by atoms with Crippen molar-refractivity contribution < 1.29 is 14.6 Å². The van der Waals surface area contributed by atoms with Crippen LogP contribution in [0.2, 0.25) is 0 Å².